The highest BCUT2D eigenvalue weighted by molar-refractivity contribution is 6.73. The molecule has 0 saturated carbocycles. The Morgan fingerprint density at radius 1 is 1.00 bits per heavy atom. The number of aryl methyl sites for hydroxylation is 1. The molecule has 0 radical (unpaired) electrons. The quantitative estimate of drug-likeness (QED) is 0.400. The van der Waals surface area contributed by atoms with Gasteiger partial charge in [-0.3, -0.25) is 0 Å². The molecule has 6 heteroatoms. The highest BCUT2D eigenvalue weighted by Crippen LogP contribution is 2.39. The van der Waals surface area contributed by atoms with Crippen molar-refractivity contribution in [2.45, 2.75) is 64.3 Å². The van der Waals surface area contributed by atoms with Gasteiger partial charge in [0.2, 0.25) is 0 Å². The van der Waals surface area contributed by atoms with E-state index in [0.717, 1.165) is 48.5 Å². The zero-order valence-electron chi connectivity index (χ0n) is 15.8. The third kappa shape index (κ3) is 5.53. The molecule has 1 heterocycles. The fourth-order valence-corrected chi connectivity index (χ4v) is 6.81. The van der Waals surface area contributed by atoms with Crippen molar-refractivity contribution in [1.82, 2.24) is 9.97 Å². The molecule has 1 aromatic heterocycles. The summed E-state index contributed by atoms with van der Waals surface area (Å²) in [5.74, 6) is 0. The van der Waals surface area contributed by atoms with Gasteiger partial charge in [-0.05, 0) is 55.1 Å². The highest BCUT2D eigenvalue weighted by Gasteiger charge is 2.33. The molecule has 0 amide bonds. The van der Waals surface area contributed by atoms with Gasteiger partial charge in [0.05, 0.1) is 6.10 Å². The first-order valence-corrected chi connectivity index (χ1v) is 12.7. The summed E-state index contributed by atoms with van der Waals surface area (Å²) in [6.07, 6.45) is 8.01. The number of benzene rings is 1. The van der Waals surface area contributed by atoms with Crippen LogP contribution in [0.5, 0.6) is 0 Å². The Hall–Kier alpha value is -0.943. The largest absolute Gasteiger partial charge is 0.410 e. The summed E-state index contributed by atoms with van der Waals surface area (Å²) in [5.41, 5.74) is 2.08. The van der Waals surface area contributed by atoms with Gasteiger partial charge in [0.1, 0.15) is 6.33 Å². The monoisotopic (exact) mass is 410 g/mol. The second-order valence-electron chi connectivity index (χ2n) is 6.62. The maximum Gasteiger partial charge on any atom is 0.192 e. The van der Waals surface area contributed by atoms with Gasteiger partial charge in [0.15, 0.2) is 8.32 Å². The number of halogens is 2. The van der Waals surface area contributed by atoms with Gasteiger partial charge < -0.3 is 4.43 Å². The summed E-state index contributed by atoms with van der Waals surface area (Å²) in [7, 11) is -1.78. The van der Waals surface area contributed by atoms with Crippen molar-refractivity contribution in [3.63, 3.8) is 0 Å². The van der Waals surface area contributed by atoms with E-state index in [9.17, 15) is 0 Å². The molecule has 2 aromatic rings. The molecule has 0 aliphatic heterocycles. The Kier molecular flexibility index (Phi) is 8.55. The molecule has 1 unspecified atom stereocenters. The number of aromatic nitrogens is 2. The fourth-order valence-electron chi connectivity index (χ4n) is 3.33. The van der Waals surface area contributed by atoms with Gasteiger partial charge in [-0.1, -0.05) is 50.0 Å². The smallest absolute Gasteiger partial charge is 0.192 e. The van der Waals surface area contributed by atoms with Crippen molar-refractivity contribution in [1.29, 1.82) is 0 Å². The van der Waals surface area contributed by atoms with Crippen molar-refractivity contribution < 1.29 is 4.43 Å². The van der Waals surface area contributed by atoms with Crippen LogP contribution in [0.4, 0.5) is 0 Å². The molecule has 0 bridgehead atoms. The number of nitrogens with zero attached hydrogens (tertiary/aromatic N) is 2. The van der Waals surface area contributed by atoms with E-state index in [1.165, 1.54) is 0 Å². The molecular formula is C20H28Cl2N2OSi. The number of rotatable bonds is 10. The lowest BCUT2D eigenvalue weighted by molar-refractivity contribution is 0.177. The third-order valence-corrected chi connectivity index (χ3v) is 10.5. The predicted octanol–water partition coefficient (Wildman–Crippen LogP) is 6.87. The number of hydrogen-bond donors (Lipinski definition) is 0. The summed E-state index contributed by atoms with van der Waals surface area (Å²) in [4.78, 5) is 8.18. The van der Waals surface area contributed by atoms with E-state index in [-0.39, 0.29) is 6.10 Å². The van der Waals surface area contributed by atoms with Crippen LogP contribution in [0, 0.1) is 0 Å². The second kappa shape index (κ2) is 10.4. The van der Waals surface area contributed by atoms with Gasteiger partial charge in [-0.25, -0.2) is 9.97 Å². The van der Waals surface area contributed by atoms with Gasteiger partial charge in [-0.2, -0.15) is 0 Å². The molecule has 26 heavy (non-hydrogen) atoms. The normalized spacial score (nSPS) is 13.0. The van der Waals surface area contributed by atoms with E-state index in [1.54, 1.807) is 6.33 Å². The summed E-state index contributed by atoms with van der Waals surface area (Å²) in [5, 5.41) is 1.38. The van der Waals surface area contributed by atoms with Gasteiger partial charge in [0.25, 0.3) is 0 Å². The molecule has 142 valence electrons. The fraction of sp³-hybridized carbons (Fsp3) is 0.500. The third-order valence-electron chi connectivity index (χ3n) is 5.19. The Morgan fingerprint density at radius 2 is 1.58 bits per heavy atom. The van der Waals surface area contributed by atoms with Crippen LogP contribution in [-0.2, 0) is 10.8 Å². The molecule has 1 atom stereocenters. The molecule has 0 aliphatic rings. The van der Waals surface area contributed by atoms with Crippen LogP contribution >= 0.6 is 23.2 Å². The van der Waals surface area contributed by atoms with E-state index in [4.69, 9.17) is 27.6 Å². The minimum Gasteiger partial charge on any atom is -0.410 e. The average Bonchev–Trinajstić information content (AvgIpc) is 2.66. The van der Waals surface area contributed by atoms with Crippen LogP contribution in [0.15, 0.2) is 36.9 Å². The van der Waals surface area contributed by atoms with Crippen LogP contribution in [0.2, 0.25) is 28.2 Å². The molecule has 0 N–H and O–H groups in total. The van der Waals surface area contributed by atoms with Gasteiger partial charge >= 0.3 is 0 Å². The van der Waals surface area contributed by atoms with Crippen LogP contribution in [0.1, 0.15) is 50.8 Å². The molecule has 1 aromatic carbocycles. The standard InChI is InChI=1S/C20H28Cl2N2OSi/c1-4-26(5-2,6-3)25-19(20-17(21)10-8-11-18(20)22)12-7-9-16-13-23-15-24-14-16/h8,10-11,13-15,19H,4-7,9,12H2,1-3H3. The molecule has 0 saturated heterocycles. The van der Waals surface area contributed by atoms with Crippen molar-refractivity contribution in [3.8, 4) is 0 Å². The Bertz CT molecular complexity index is 652. The van der Waals surface area contributed by atoms with E-state index in [2.05, 4.69) is 30.7 Å². The maximum atomic E-state index is 6.81. The minimum absolute atomic E-state index is 0.0626. The van der Waals surface area contributed by atoms with Crippen LogP contribution in [0.25, 0.3) is 0 Å². The average molecular weight is 411 g/mol. The number of hydrogen-bond acceptors (Lipinski definition) is 3. The lowest BCUT2D eigenvalue weighted by Crippen LogP contribution is -2.37. The molecule has 0 spiro atoms. The highest BCUT2D eigenvalue weighted by atomic mass is 35.5. The summed E-state index contributed by atoms with van der Waals surface area (Å²) in [6.45, 7) is 6.73. The Morgan fingerprint density at radius 3 is 2.12 bits per heavy atom. The zero-order valence-corrected chi connectivity index (χ0v) is 18.4. The molecule has 2 rings (SSSR count). The second-order valence-corrected chi connectivity index (χ2v) is 12.2. The van der Waals surface area contributed by atoms with E-state index >= 15 is 0 Å². The van der Waals surface area contributed by atoms with Crippen molar-refractivity contribution in [2.24, 2.45) is 0 Å². The Labute approximate surface area is 168 Å². The lowest BCUT2D eigenvalue weighted by atomic mass is 10.0. The van der Waals surface area contributed by atoms with Crippen LogP contribution in [0.3, 0.4) is 0 Å². The lowest BCUT2D eigenvalue weighted by Gasteiger charge is -2.34. The van der Waals surface area contributed by atoms with E-state index in [0.29, 0.717) is 10.0 Å². The van der Waals surface area contributed by atoms with Gasteiger partial charge in [-0.15, -0.1) is 0 Å². The predicted molar refractivity (Wildman–Crippen MR) is 112 cm³/mol. The summed E-state index contributed by atoms with van der Waals surface area (Å²) >= 11 is 13.0. The summed E-state index contributed by atoms with van der Waals surface area (Å²) in [6, 6.07) is 8.99. The topological polar surface area (TPSA) is 35.0 Å². The zero-order chi connectivity index (χ0) is 19.0. The maximum absolute atomic E-state index is 6.81. The van der Waals surface area contributed by atoms with Crippen LogP contribution < -0.4 is 0 Å². The van der Waals surface area contributed by atoms with Crippen molar-refractivity contribution in [3.05, 3.63) is 58.1 Å². The summed E-state index contributed by atoms with van der Waals surface area (Å²) < 4.78 is 6.81. The molecular weight excluding hydrogens is 383 g/mol. The molecule has 0 fully saturated rings. The molecule has 0 aliphatic carbocycles. The van der Waals surface area contributed by atoms with Crippen LogP contribution in [-0.4, -0.2) is 18.3 Å². The van der Waals surface area contributed by atoms with Gasteiger partial charge in [0, 0.05) is 28.0 Å². The van der Waals surface area contributed by atoms with Crippen molar-refractivity contribution >= 4 is 31.5 Å². The SMILES string of the molecule is CC[Si](CC)(CC)OC(CCCc1cncnc1)c1c(Cl)cccc1Cl. The first-order chi connectivity index (χ1) is 12.5. The van der Waals surface area contributed by atoms with E-state index in [1.807, 2.05) is 30.6 Å². The first-order valence-electron chi connectivity index (χ1n) is 9.40. The Balaban J connectivity index is 2.21. The molecule has 3 nitrogen and oxygen atoms in total. The van der Waals surface area contributed by atoms with E-state index < -0.39 is 8.32 Å². The van der Waals surface area contributed by atoms with Crippen molar-refractivity contribution in [2.75, 3.05) is 0 Å². The minimum atomic E-state index is -1.78. The first kappa shape index (κ1) is 21.4.